The fraction of sp³-hybridized carbons (Fsp3) is 0.720. The van der Waals surface area contributed by atoms with E-state index in [0.717, 1.165) is 44.9 Å². The maximum absolute atomic E-state index is 10.7. The van der Waals surface area contributed by atoms with Crippen molar-refractivity contribution >= 4 is 5.97 Å². The molecular weight excluding hydrogens is 364 g/mol. The summed E-state index contributed by atoms with van der Waals surface area (Å²) in [6, 6.07) is 0. The van der Waals surface area contributed by atoms with Crippen LogP contribution >= 0.6 is 0 Å². The van der Waals surface area contributed by atoms with E-state index in [-0.39, 0.29) is 12.3 Å². The maximum atomic E-state index is 10.7. The Bertz CT molecular complexity index is 627. The monoisotopic (exact) mass is 404 g/mol. The van der Waals surface area contributed by atoms with E-state index in [2.05, 4.69) is 32.9 Å². The van der Waals surface area contributed by atoms with E-state index in [9.17, 15) is 15.0 Å². The molecule has 4 nitrogen and oxygen atoms in total. The van der Waals surface area contributed by atoms with Gasteiger partial charge in [-0.05, 0) is 95.5 Å². The molecule has 0 bridgehead atoms. The van der Waals surface area contributed by atoms with Crippen molar-refractivity contribution in [3.05, 3.63) is 35.1 Å². The Morgan fingerprint density at radius 1 is 1.17 bits per heavy atom. The van der Waals surface area contributed by atoms with Gasteiger partial charge in [0, 0.05) is 12.3 Å². The van der Waals surface area contributed by atoms with E-state index in [1.807, 2.05) is 6.08 Å². The molecule has 4 heteroatoms. The van der Waals surface area contributed by atoms with Crippen molar-refractivity contribution < 1.29 is 20.1 Å². The molecule has 3 N–H and O–H groups in total. The molecule has 0 spiro atoms. The second-order valence-electron chi connectivity index (χ2n) is 9.46. The van der Waals surface area contributed by atoms with Crippen LogP contribution in [0.25, 0.3) is 0 Å². The maximum Gasteiger partial charge on any atom is 0.303 e. The van der Waals surface area contributed by atoms with Crippen molar-refractivity contribution in [2.45, 2.75) is 91.1 Å². The number of hydrogen-bond acceptors (Lipinski definition) is 3. The third-order valence-electron chi connectivity index (χ3n) is 6.59. The average Bonchev–Trinajstić information content (AvgIpc) is 3.13. The molecule has 2 aliphatic carbocycles. The third kappa shape index (κ3) is 7.65. The van der Waals surface area contributed by atoms with Crippen molar-refractivity contribution in [1.29, 1.82) is 0 Å². The van der Waals surface area contributed by atoms with Gasteiger partial charge in [0.25, 0.3) is 0 Å². The summed E-state index contributed by atoms with van der Waals surface area (Å²) >= 11 is 0. The number of unbranched alkanes of at least 4 members (excludes halogenated alkanes) is 1. The lowest BCUT2D eigenvalue weighted by atomic mass is 9.87. The molecule has 0 amide bonds. The normalized spacial score (nSPS) is 27.4. The van der Waals surface area contributed by atoms with Gasteiger partial charge in [-0.2, -0.15) is 0 Å². The first-order chi connectivity index (χ1) is 13.8. The number of fused-ring (bicyclic) bond motifs is 1. The summed E-state index contributed by atoms with van der Waals surface area (Å²) in [6.07, 6.45) is 14.7. The molecule has 164 valence electrons. The first-order valence-electron chi connectivity index (χ1n) is 11.4. The number of hydrogen-bond donors (Lipinski definition) is 3. The summed E-state index contributed by atoms with van der Waals surface area (Å²) < 4.78 is 0. The molecule has 1 fully saturated rings. The van der Waals surface area contributed by atoms with E-state index in [1.165, 1.54) is 17.6 Å². The number of aliphatic hydroxyl groups is 2. The van der Waals surface area contributed by atoms with Gasteiger partial charge in [-0.3, -0.25) is 4.79 Å². The van der Waals surface area contributed by atoms with Crippen LogP contribution in [0.1, 0.15) is 85.0 Å². The quantitative estimate of drug-likeness (QED) is 0.206. The van der Waals surface area contributed by atoms with Crippen LogP contribution in [-0.4, -0.2) is 27.4 Å². The number of aliphatic hydroxyl groups excluding tert-OH is 2. The van der Waals surface area contributed by atoms with Crippen molar-refractivity contribution in [1.82, 2.24) is 0 Å². The molecule has 0 radical (unpaired) electrons. The lowest BCUT2D eigenvalue weighted by molar-refractivity contribution is -0.137. The highest BCUT2D eigenvalue weighted by Crippen LogP contribution is 2.49. The van der Waals surface area contributed by atoms with Crippen LogP contribution < -0.4 is 0 Å². The van der Waals surface area contributed by atoms with Crippen LogP contribution in [0.3, 0.4) is 0 Å². The van der Waals surface area contributed by atoms with Crippen LogP contribution in [0, 0.1) is 23.7 Å². The minimum absolute atomic E-state index is 0.145. The van der Waals surface area contributed by atoms with Gasteiger partial charge in [-0.25, -0.2) is 0 Å². The molecule has 29 heavy (non-hydrogen) atoms. The largest absolute Gasteiger partial charge is 0.512 e. The van der Waals surface area contributed by atoms with E-state index >= 15 is 0 Å². The Morgan fingerprint density at radius 2 is 1.86 bits per heavy atom. The predicted octanol–water partition coefficient (Wildman–Crippen LogP) is 6.18. The summed E-state index contributed by atoms with van der Waals surface area (Å²) in [7, 11) is 0. The highest BCUT2D eigenvalue weighted by Gasteiger charge is 2.46. The molecule has 0 unspecified atom stereocenters. The van der Waals surface area contributed by atoms with Crippen molar-refractivity contribution in [3.8, 4) is 0 Å². The fourth-order valence-corrected chi connectivity index (χ4v) is 4.98. The van der Waals surface area contributed by atoms with Crippen LogP contribution in [0.15, 0.2) is 35.1 Å². The predicted molar refractivity (Wildman–Crippen MR) is 118 cm³/mol. The minimum atomic E-state index is -0.730. The lowest BCUT2D eigenvalue weighted by Gasteiger charge is -2.21. The third-order valence-corrected chi connectivity index (χ3v) is 6.59. The number of allylic oxidation sites excluding steroid dienone is 5. The number of carboxylic acids is 1. The Hall–Kier alpha value is -1.55. The summed E-state index contributed by atoms with van der Waals surface area (Å²) in [5.41, 5.74) is 2.74. The molecule has 0 aromatic heterocycles. The molecule has 0 saturated heterocycles. The van der Waals surface area contributed by atoms with Gasteiger partial charge in [0.2, 0.25) is 0 Å². The number of carbonyl (C=O) groups is 1. The first kappa shape index (κ1) is 23.7. The molecule has 2 aliphatic rings. The van der Waals surface area contributed by atoms with Crippen LogP contribution in [0.2, 0.25) is 0 Å². The van der Waals surface area contributed by atoms with E-state index < -0.39 is 12.1 Å². The summed E-state index contributed by atoms with van der Waals surface area (Å²) in [5.74, 6) is 0.776. The zero-order chi connectivity index (χ0) is 21.4. The highest BCUT2D eigenvalue weighted by atomic mass is 16.4. The van der Waals surface area contributed by atoms with Gasteiger partial charge in [0.15, 0.2) is 0 Å². The standard InChI is InChI=1S/C25H40O4/c1-17(2)8-6-9-18(3)10-7-12-22(26)25-21-15-19(11-4-5-13-24(28)29)14-20(21)16-23(25)27/h8,12,14,18,20-21,23,25-27H,4-7,9-11,13,15-16H2,1-3H3,(H,28,29)/t18-,20-,21-,23+,25-/m1/s1. The van der Waals surface area contributed by atoms with Gasteiger partial charge in [-0.15, -0.1) is 0 Å². The highest BCUT2D eigenvalue weighted by molar-refractivity contribution is 5.66. The summed E-state index contributed by atoms with van der Waals surface area (Å²) in [5, 5.41) is 29.9. The van der Waals surface area contributed by atoms with E-state index in [1.54, 1.807) is 0 Å². The van der Waals surface area contributed by atoms with Crippen molar-refractivity contribution in [3.63, 3.8) is 0 Å². The SMILES string of the molecule is CC(C)=CCC[C@@H](C)CCC=C(O)[C@H]1[C@@H]2CC(CCCCC(=O)O)=C[C@@H]2C[C@@H]1O. The lowest BCUT2D eigenvalue weighted by Crippen LogP contribution is -2.21. The van der Waals surface area contributed by atoms with Crippen LogP contribution in [0.4, 0.5) is 0 Å². The molecule has 0 aromatic rings. The second kappa shape index (κ2) is 11.6. The van der Waals surface area contributed by atoms with E-state index in [0.29, 0.717) is 29.9 Å². The number of aliphatic carboxylic acids is 1. The Balaban J connectivity index is 1.79. The van der Waals surface area contributed by atoms with Crippen molar-refractivity contribution in [2.75, 3.05) is 0 Å². The zero-order valence-electron chi connectivity index (χ0n) is 18.4. The Morgan fingerprint density at radius 3 is 2.52 bits per heavy atom. The molecule has 1 saturated carbocycles. The van der Waals surface area contributed by atoms with Crippen molar-refractivity contribution in [2.24, 2.45) is 23.7 Å². The van der Waals surface area contributed by atoms with E-state index in [4.69, 9.17) is 5.11 Å². The van der Waals surface area contributed by atoms with Gasteiger partial charge in [0.05, 0.1) is 11.9 Å². The first-order valence-corrected chi connectivity index (χ1v) is 11.4. The van der Waals surface area contributed by atoms with Gasteiger partial charge in [-0.1, -0.05) is 30.2 Å². The minimum Gasteiger partial charge on any atom is -0.512 e. The Kier molecular flexibility index (Phi) is 9.48. The molecule has 0 aromatic carbocycles. The van der Waals surface area contributed by atoms with Gasteiger partial charge < -0.3 is 15.3 Å². The Labute approximate surface area is 176 Å². The van der Waals surface area contributed by atoms with Gasteiger partial charge >= 0.3 is 5.97 Å². The number of rotatable bonds is 12. The second-order valence-corrected chi connectivity index (χ2v) is 9.46. The van der Waals surface area contributed by atoms with Crippen LogP contribution in [-0.2, 0) is 4.79 Å². The summed E-state index contributed by atoms with van der Waals surface area (Å²) in [4.78, 5) is 10.6. The molecule has 5 atom stereocenters. The number of carboxylic acid groups (broad SMARTS) is 1. The molecule has 0 heterocycles. The van der Waals surface area contributed by atoms with Gasteiger partial charge in [0.1, 0.15) is 0 Å². The molecule has 0 aliphatic heterocycles. The van der Waals surface area contributed by atoms with Crippen LogP contribution in [0.5, 0.6) is 0 Å². The fourth-order valence-electron chi connectivity index (χ4n) is 4.98. The summed E-state index contributed by atoms with van der Waals surface area (Å²) in [6.45, 7) is 6.53. The molecule has 2 rings (SSSR count). The zero-order valence-corrected chi connectivity index (χ0v) is 18.4. The average molecular weight is 405 g/mol. The topological polar surface area (TPSA) is 77.8 Å². The smallest absolute Gasteiger partial charge is 0.303 e. The molecular formula is C25H40O4.